The zero-order valence-electron chi connectivity index (χ0n) is 7.76. The Morgan fingerprint density at radius 2 is 2.00 bits per heavy atom. The molecule has 0 aliphatic carbocycles. The maximum atomic E-state index is 10.9. The molecule has 82 valence electrons. The van der Waals surface area contributed by atoms with Crippen LogP contribution in [0.3, 0.4) is 0 Å². The average Bonchev–Trinajstić information content (AvgIpc) is 2.04. The van der Waals surface area contributed by atoms with Crippen LogP contribution in [-0.2, 0) is 22.2 Å². The second-order valence-corrected chi connectivity index (χ2v) is 5.08. The van der Waals surface area contributed by atoms with Gasteiger partial charge in [0.25, 0.3) is 5.71 Å². The van der Waals surface area contributed by atoms with E-state index in [1.807, 2.05) is 0 Å². The molecule has 0 amide bonds. The fraction of sp³-hybridized carbons (Fsp3) is 0.833. The maximum absolute atomic E-state index is 10.9. The van der Waals surface area contributed by atoms with E-state index < -0.39 is 32.7 Å². The van der Waals surface area contributed by atoms with Gasteiger partial charge in [0.1, 0.15) is 4.75 Å². The summed E-state index contributed by atoms with van der Waals surface area (Å²) in [5, 5.41) is 0. The van der Waals surface area contributed by atoms with Crippen LogP contribution in [0.4, 0.5) is 0 Å². The van der Waals surface area contributed by atoms with Crippen LogP contribution >= 0.6 is 0 Å². The molecule has 0 aliphatic rings. The summed E-state index contributed by atoms with van der Waals surface area (Å²) in [6, 6.07) is 0. The Kier molecular flexibility index (Phi) is 5.32. The third kappa shape index (κ3) is 3.07. The molecule has 0 fully saturated rings. The topological polar surface area (TPSA) is 117 Å². The van der Waals surface area contributed by atoms with Gasteiger partial charge in [-0.2, -0.15) is 4.79 Å². The summed E-state index contributed by atoms with van der Waals surface area (Å²) < 4.78 is 40.9. The zero-order valence-corrected chi connectivity index (χ0v) is 9.39. The summed E-state index contributed by atoms with van der Waals surface area (Å²) >= 11 is -5.17. The molecule has 6 nitrogen and oxygen atoms in total. The standard InChI is InChI=1S/C6H12N2O4S2/c1-3-5(8-7)6(2,14(11)12)4-13(9)10/h3-4H2,1-2H3,(H,9,10)(H,11,12)/p-2. The first kappa shape index (κ1) is 13.6. The molecule has 0 aromatic rings. The van der Waals surface area contributed by atoms with Gasteiger partial charge in [-0.3, -0.25) is 8.42 Å². The molecule has 0 aromatic heterocycles. The van der Waals surface area contributed by atoms with Crippen LogP contribution in [0, 0.1) is 0 Å². The van der Waals surface area contributed by atoms with E-state index in [9.17, 15) is 17.5 Å². The lowest BCUT2D eigenvalue weighted by atomic mass is 10.1. The molecule has 3 unspecified atom stereocenters. The Bertz CT molecular complexity index is 313. The van der Waals surface area contributed by atoms with Crippen LogP contribution < -0.4 is 0 Å². The molecule has 0 N–H and O–H groups in total. The molecule has 0 rings (SSSR count). The van der Waals surface area contributed by atoms with Gasteiger partial charge in [-0.25, -0.2) is 0 Å². The van der Waals surface area contributed by atoms with Crippen molar-refractivity contribution in [1.82, 2.24) is 0 Å². The van der Waals surface area contributed by atoms with Gasteiger partial charge >= 0.3 is 0 Å². The third-order valence-electron chi connectivity index (χ3n) is 1.83. The minimum absolute atomic E-state index is 0.0740. The van der Waals surface area contributed by atoms with Crippen molar-refractivity contribution in [2.24, 2.45) is 0 Å². The van der Waals surface area contributed by atoms with Gasteiger partial charge in [0.15, 0.2) is 0 Å². The Labute approximate surface area is 86.9 Å². The van der Waals surface area contributed by atoms with Crippen LogP contribution in [0.15, 0.2) is 0 Å². The van der Waals surface area contributed by atoms with E-state index in [4.69, 9.17) is 5.53 Å². The van der Waals surface area contributed by atoms with Gasteiger partial charge in [-0.05, 0) is 18.0 Å². The predicted octanol–water partition coefficient (Wildman–Crippen LogP) is -0.416. The van der Waals surface area contributed by atoms with Crippen molar-refractivity contribution in [3.63, 3.8) is 0 Å². The SMILES string of the molecule is CCC(=[N+]=[N-])C(C)(CS(=O)[O-])S(=O)[O-]. The molecule has 14 heavy (non-hydrogen) atoms. The van der Waals surface area contributed by atoms with Gasteiger partial charge in [-0.1, -0.05) is 18.0 Å². The monoisotopic (exact) mass is 238 g/mol. The van der Waals surface area contributed by atoms with Gasteiger partial charge in [0.2, 0.25) is 0 Å². The van der Waals surface area contributed by atoms with Crippen LogP contribution in [0.2, 0.25) is 0 Å². The van der Waals surface area contributed by atoms with Gasteiger partial charge in [0, 0.05) is 12.2 Å². The van der Waals surface area contributed by atoms with Crippen molar-refractivity contribution >= 4 is 27.9 Å². The van der Waals surface area contributed by atoms with E-state index in [0.29, 0.717) is 0 Å². The Hall–Kier alpha value is -0.400. The van der Waals surface area contributed by atoms with E-state index >= 15 is 0 Å². The second-order valence-electron chi connectivity index (χ2n) is 2.81. The molecule has 0 radical (unpaired) electrons. The van der Waals surface area contributed by atoms with E-state index in [-0.39, 0.29) is 12.1 Å². The Morgan fingerprint density at radius 3 is 2.21 bits per heavy atom. The number of nitrogens with zero attached hydrogens (tertiary/aromatic N) is 2. The molecule has 0 spiro atoms. The van der Waals surface area contributed by atoms with E-state index in [0.717, 1.165) is 0 Å². The second kappa shape index (κ2) is 5.47. The minimum Gasteiger partial charge on any atom is -0.772 e. The molecule has 8 heteroatoms. The highest BCUT2D eigenvalue weighted by molar-refractivity contribution is 7.84. The van der Waals surface area contributed by atoms with E-state index in [1.54, 1.807) is 6.92 Å². The smallest absolute Gasteiger partial charge is 0.286 e. The van der Waals surface area contributed by atoms with Crippen molar-refractivity contribution in [2.75, 3.05) is 5.75 Å². The molecule has 0 aromatic carbocycles. The number of hydrogen-bond acceptors (Lipinski definition) is 4. The lowest BCUT2D eigenvalue weighted by Crippen LogP contribution is -2.45. The first-order chi connectivity index (χ1) is 6.38. The first-order valence-electron chi connectivity index (χ1n) is 3.75. The first-order valence-corrected chi connectivity index (χ1v) is 6.07. The quantitative estimate of drug-likeness (QED) is 0.280. The molecule has 0 heterocycles. The van der Waals surface area contributed by atoms with E-state index in [1.165, 1.54) is 6.92 Å². The fourth-order valence-electron chi connectivity index (χ4n) is 1.00. The maximum Gasteiger partial charge on any atom is 0.286 e. The van der Waals surface area contributed by atoms with Gasteiger partial charge in [0.05, 0.1) is 0 Å². The highest BCUT2D eigenvalue weighted by Crippen LogP contribution is 2.16. The third-order valence-corrected chi connectivity index (χ3v) is 3.94. The molecular weight excluding hydrogens is 228 g/mol. The van der Waals surface area contributed by atoms with Crippen molar-refractivity contribution in [3.05, 3.63) is 5.53 Å². The summed E-state index contributed by atoms with van der Waals surface area (Å²) in [5.41, 5.74) is 8.46. The molecular formula is C6H10N2O4S2-2. The lowest BCUT2D eigenvalue weighted by molar-refractivity contribution is -0.0131. The van der Waals surface area contributed by atoms with E-state index in [2.05, 4.69) is 4.79 Å². The summed E-state index contributed by atoms with van der Waals surface area (Å²) in [4.78, 5) is 2.80. The average molecular weight is 238 g/mol. The predicted molar refractivity (Wildman–Crippen MR) is 50.0 cm³/mol. The van der Waals surface area contributed by atoms with Crippen LogP contribution in [0.25, 0.3) is 5.53 Å². The summed E-state index contributed by atoms with van der Waals surface area (Å²) in [6.07, 6.45) is 0.165. The van der Waals surface area contributed by atoms with Crippen molar-refractivity contribution in [3.8, 4) is 0 Å². The normalized spacial score (nSPS) is 19.1. The van der Waals surface area contributed by atoms with Crippen LogP contribution in [0.5, 0.6) is 0 Å². The van der Waals surface area contributed by atoms with Crippen LogP contribution in [-0.4, -0.2) is 38.5 Å². The molecule has 0 aliphatic heterocycles. The lowest BCUT2D eigenvalue weighted by Gasteiger charge is -2.28. The fourth-order valence-corrected chi connectivity index (χ4v) is 2.67. The zero-order chi connectivity index (χ0) is 11.4. The van der Waals surface area contributed by atoms with Crippen molar-refractivity contribution in [2.45, 2.75) is 25.0 Å². The number of hydrogen-bond donors (Lipinski definition) is 0. The Balaban J connectivity index is 5.19. The molecule has 0 bridgehead atoms. The van der Waals surface area contributed by atoms with Crippen LogP contribution in [0.1, 0.15) is 20.3 Å². The minimum atomic E-state index is -2.65. The summed E-state index contributed by atoms with van der Waals surface area (Å²) in [5.74, 6) is -0.615. The van der Waals surface area contributed by atoms with Crippen molar-refractivity contribution < 1.29 is 22.3 Å². The van der Waals surface area contributed by atoms with Crippen molar-refractivity contribution in [1.29, 1.82) is 0 Å². The largest absolute Gasteiger partial charge is 0.772 e. The highest BCUT2D eigenvalue weighted by atomic mass is 32.2. The molecule has 0 saturated carbocycles. The Morgan fingerprint density at radius 1 is 1.50 bits per heavy atom. The summed E-state index contributed by atoms with van der Waals surface area (Å²) in [7, 11) is 0. The van der Waals surface area contributed by atoms with Gasteiger partial charge in [-0.15, -0.1) is 0 Å². The summed E-state index contributed by atoms with van der Waals surface area (Å²) in [6.45, 7) is 2.78. The molecule has 3 atom stereocenters. The number of rotatable bonds is 5. The molecule has 0 saturated heterocycles. The van der Waals surface area contributed by atoms with Gasteiger partial charge < -0.3 is 14.6 Å². The highest BCUT2D eigenvalue weighted by Gasteiger charge is 2.38.